The van der Waals surface area contributed by atoms with E-state index in [1.807, 2.05) is 0 Å². The molecule has 0 saturated heterocycles. The number of hydrogen-bond donors (Lipinski definition) is 8. The Balaban J connectivity index is 5.04. The number of aliphatic hydroxyl groups is 1. The number of rotatable bonds is 13. The van der Waals surface area contributed by atoms with Gasteiger partial charge < -0.3 is 43.2 Å². The summed E-state index contributed by atoms with van der Waals surface area (Å²) >= 11 is 0. The van der Waals surface area contributed by atoms with Crippen molar-refractivity contribution in [3.05, 3.63) is 0 Å². The van der Waals surface area contributed by atoms with Crippen molar-refractivity contribution in [2.24, 2.45) is 22.2 Å². The molecular weight excluding hydrogens is 364 g/mol. The maximum atomic E-state index is 12.4. The molecule has 0 aromatic heterocycles. The molecule has 0 aliphatic carbocycles. The lowest BCUT2D eigenvalue weighted by molar-refractivity contribution is -0.143. The van der Waals surface area contributed by atoms with E-state index in [-0.39, 0.29) is 31.8 Å². The van der Waals surface area contributed by atoms with Crippen LogP contribution in [0.3, 0.4) is 0 Å². The van der Waals surface area contributed by atoms with Crippen molar-refractivity contribution in [1.82, 2.24) is 10.6 Å². The quantitative estimate of drug-likeness (QED) is 0.0867. The third-order valence-electron chi connectivity index (χ3n) is 3.37. The van der Waals surface area contributed by atoms with Crippen molar-refractivity contribution in [3.8, 4) is 0 Å². The van der Waals surface area contributed by atoms with Crippen LogP contribution < -0.4 is 27.8 Å². The third kappa shape index (κ3) is 10.6. The number of hydrogen-bond acceptors (Lipinski definition) is 7. The van der Waals surface area contributed by atoms with E-state index in [9.17, 15) is 19.2 Å². The molecule has 0 aromatic rings. The summed E-state index contributed by atoms with van der Waals surface area (Å²) in [5.74, 6) is -4.43. The summed E-state index contributed by atoms with van der Waals surface area (Å²) < 4.78 is 0. The molecule has 27 heavy (non-hydrogen) atoms. The largest absolute Gasteiger partial charge is 0.481 e. The highest BCUT2D eigenvalue weighted by Crippen LogP contribution is 2.03. The van der Waals surface area contributed by atoms with Crippen LogP contribution in [-0.2, 0) is 19.2 Å². The van der Waals surface area contributed by atoms with Crippen LogP contribution in [0.15, 0.2) is 4.99 Å². The highest BCUT2D eigenvalue weighted by Gasteiger charge is 2.27. The van der Waals surface area contributed by atoms with E-state index in [0.717, 1.165) is 0 Å². The zero-order valence-corrected chi connectivity index (χ0v) is 14.6. The second-order valence-corrected chi connectivity index (χ2v) is 5.63. The van der Waals surface area contributed by atoms with Crippen LogP contribution in [0.5, 0.6) is 0 Å². The number of aliphatic hydroxyl groups excluding tert-OH is 1. The lowest BCUT2D eigenvalue weighted by Gasteiger charge is -2.22. The summed E-state index contributed by atoms with van der Waals surface area (Å²) in [5, 5.41) is 31.2. The van der Waals surface area contributed by atoms with Crippen molar-refractivity contribution in [3.63, 3.8) is 0 Å². The second-order valence-electron chi connectivity index (χ2n) is 5.63. The molecule has 3 unspecified atom stereocenters. The minimum atomic E-state index is -1.45. The number of nitrogens with one attached hydrogen (secondary N) is 2. The fourth-order valence-corrected chi connectivity index (χ4v) is 1.93. The Morgan fingerprint density at radius 2 is 1.56 bits per heavy atom. The van der Waals surface area contributed by atoms with Gasteiger partial charge in [0.1, 0.15) is 18.1 Å². The number of carbonyl (C=O) groups excluding carboxylic acids is 2. The van der Waals surface area contributed by atoms with Crippen LogP contribution in [0.25, 0.3) is 0 Å². The molecule has 154 valence electrons. The highest BCUT2D eigenvalue weighted by molar-refractivity contribution is 5.91. The van der Waals surface area contributed by atoms with Gasteiger partial charge in [0.05, 0.1) is 6.61 Å². The minimum Gasteiger partial charge on any atom is -0.481 e. The number of carbonyl (C=O) groups is 4. The standard InChI is InChI=1S/C14H26N6O7/c15-7(6-21)11(24)19-8(2-1-5-18-14(16)17)12(25)20-9(13(26)27)3-4-10(22)23/h7-9,21H,1-6,15H2,(H,19,24)(H,20,25)(H,22,23)(H,26,27)(H4,16,17,18). The first-order valence-corrected chi connectivity index (χ1v) is 8.05. The van der Waals surface area contributed by atoms with E-state index in [4.69, 9.17) is 32.5 Å². The number of nitrogens with zero attached hydrogens (tertiary/aromatic N) is 1. The molecule has 0 heterocycles. The molecular formula is C14H26N6O7. The van der Waals surface area contributed by atoms with Crippen molar-refractivity contribution >= 4 is 29.7 Å². The lowest BCUT2D eigenvalue weighted by Crippen LogP contribution is -2.55. The van der Waals surface area contributed by atoms with Crippen molar-refractivity contribution in [2.45, 2.75) is 43.8 Å². The third-order valence-corrected chi connectivity index (χ3v) is 3.37. The van der Waals surface area contributed by atoms with Gasteiger partial charge in [-0.05, 0) is 19.3 Å². The molecule has 0 saturated carbocycles. The van der Waals surface area contributed by atoms with E-state index in [1.54, 1.807) is 0 Å². The summed E-state index contributed by atoms with van der Waals surface area (Å²) in [5.41, 5.74) is 15.8. The molecule has 11 N–H and O–H groups in total. The van der Waals surface area contributed by atoms with Gasteiger partial charge in [-0.1, -0.05) is 0 Å². The SMILES string of the molecule is NC(N)=NCCCC(NC(=O)C(N)CO)C(=O)NC(CCC(=O)O)C(=O)O. The Morgan fingerprint density at radius 3 is 2.04 bits per heavy atom. The van der Waals surface area contributed by atoms with E-state index < -0.39 is 54.9 Å². The van der Waals surface area contributed by atoms with Crippen molar-refractivity contribution in [2.75, 3.05) is 13.2 Å². The number of carboxylic acids is 2. The molecule has 13 nitrogen and oxygen atoms in total. The number of carboxylic acid groups (broad SMARTS) is 2. The van der Waals surface area contributed by atoms with Crippen LogP contribution >= 0.6 is 0 Å². The Labute approximate surface area is 155 Å². The lowest BCUT2D eigenvalue weighted by atomic mass is 10.1. The van der Waals surface area contributed by atoms with Gasteiger partial charge in [-0.2, -0.15) is 0 Å². The predicted molar refractivity (Wildman–Crippen MR) is 93.3 cm³/mol. The first-order valence-electron chi connectivity index (χ1n) is 8.05. The van der Waals surface area contributed by atoms with Gasteiger partial charge in [0.15, 0.2) is 5.96 Å². The Kier molecular flexibility index (Phi) is 11.1. The van der Waals surface area contributed by atoms with Crippen LogP contribution in [0.4, 0.5) is 0 Å². The molecule has 0 aliphatic heterocycles. The summed E-state index contributed by atoms with van der Waals surface area (Å²) in [6, 6.07) is -3.88. The zero-order valence-electron chi connectivity index (χ0n) is 14.6. The van der Waals surface area contributed by atoms with Gasteiger partial charge in [0.2, 0.25) is 11.8 Å². The predicted octanol–water partition coefficient (Wildman–Crippen LogP) is -3.72. The van der Waals surface area contributed by atoms with Crippen molar-refractivity contribution in [1.29, 1.82) is 0 Å². The Bertz CT molecular complexity index is 564. The molecule has 0 aromatic carbocycles. The molecule has 0 rings (SSSR count). The minimum absolute atomic E-state index is 0.0533. The van der Waals surface area contributed by atoms with E-state index in [1.165, 1.54) is 0 Å². The normalized spacial score (nSPS) is 13.7. The number of aliphatic imine (C=N–C) groups is 1. The maximum Gasteiger partial charge on any atom is 0.326 e. The fourth-order valence-electron chi connectivity index (χ4n) is 1.93. The second kappa shape index (κ2) is 12.4. The van der Waals surface area contributed by atoms with Gasteiger partial charge >= 0.3 is 11.9 Å². The van der Waals surface area contributed by atoms with Crippen LogP contribution in [0.2, 0.25) is 0 Å². The van der Waals surface area contributed by atoms with Crippen LogP contribution in [0.1, 0.15) is 25.7 Å². The Hall–Kier alpha value is -2.93. The number of amides is 2. The molecule has 13 heteroatoms. The first kappa shape index (κ1) is 24.1. The van der Waals surface area contributed by atoms with Gasteiger partial charge in [0.25, 0.3) is 0 Å². The molecule has 0 bridgehead atoms. The number of nitrogens with two attached hydrogens (primary N) is 3. The fraction of sp³-hybridized carbons (Fsp3) is 0.643. The summed E-state index contributed by atoms with van der Waals surface area (Å²) in [7, 11) is 0. The van der Waals surface area contributed by atoms with Crippen LogP contribution in [-0.4, -0.2) is 76.3 Å². The number of guanidine groups is 1. The van der Waals surface area contributed by atoms with Crippen molar-refractivity contribution < 1.29 is 34.5 Å². The first-order chi connectivity index (χ1) is 12.6. The smallest absolute Gasteiger partial charge is 0.326 e. The summed E-state index contributed by atoms with van der Waals surface area (Å²) in [6.45, 7) is -0.486. The summed E-state index contributed by atoms with van der Waals surface area (Å²) in [4.78, 5) is 49.7. The van der Waals surface area contributed by atoms with Gasteiger partial charge in [-0.3, -0.25) is 19.4 Å². The van der Waals surface area contributed by atoms with E-state index in [2.05, 4.69) is 15.6 Å². The Morgan fingerprint density at radius 1 is 0.963 bits per heavy atom. The van der Waals surface area contributed by atoms with Crippen LogP contribution in [0, 0.1) is 0 Å². The topological polar surface area (TPSA) is 243 Å². The van der Waals surface area contributed by atoms with E-state index in [0.29, 0.717) is 0 Å². The maximum absolute atomic E-state index is 12.4. The molecule has 2 amide bonds. The zero-order chi connectivity index (χ0) is 21.0. The molecule has 0 fully saturated rings. The average molecular weight is 390 g/mol. The molecule has 0 spiro atoms. The summed E-state index contributed by atoms with van der Waals surface area (Å²) in [6.07, 6.45) is -0.468. The molecule has 3 atom stereocenters. The highest BCUT2D eigenvalue weighted by atomic mass is 16.4. The molecule has 0 aliphatic rings. The average Bonchev–Trinajstić information content (AvgIpc) is 2.59. The van der Waals surface area contributed by atoms with E-state index >= 15 is 0 Å². The number of aliphatic carboxylic acids is 2. The van der Waals surface area contributed by atoms with Gasteiger partial charge in [-0.25, -0.2) is 4.79 Å². The molecule has 0 radical (unpaired) electrons. The monoisotopic (exact) mass is 390 g/mol. The van der Waals surface area contributed by atoms with Gasteiger partial charge in [-0.15, -0.1) is 0 Å². The van der Waals surface area contributed by atoms with Gasteiger partial charge in [0, 0.05) is 13.0 Å².